The van der Waals surface area contributed by atoms with Crippen molar-refractivity contribution in [2.45, 2.75) is 38.6 Å². The van der Waals surface area contributed by atoms with E-state index < -0.39 is 0 Å². The summed E-state index contributed by atoms with van der Waals surface area (Å²) in [5, 5.41) is 12.5. The quantitative estimate of drug-likeness (QED) is 0.376. The van der Waals surface area contributed by atoms with Gasteiger partial charge in [-0.15, -0.1) is 0 Å². The van der Waals surface area contributed by atoms with E-state index in [1.54, 1.807) is 0 Å². The molecule has 5 heteroatoms. The minimum atomic E-state index is -0.0787. The van der Waals surface area contributed by atoms with E-state index >= 15 is 0 Å². The van der Waals surface area contributed by atoms with Crippen molar-refractivity contribution in [2.24, 2.45) is 0 Å². The topological polar surface area (TPSA) is 55.8 Å². The second-order valence-corrected chi connectivity index (χ2v) is 10.1. The third-order valence-corrected chi connectivity index (χ3v) is 7.40. The number of allylic oxidation sites excluding steroid dienone is 1. The molecular weight excluding hydrogens is 458 g/mol. The third-order valence-electron chi connectivity index (χ3n) is 7.40. The van der Waals surface area contributed by atoms with E-state index in [0.29, 0.717) is 6.42 Å². The molecule has 5 nitrogen and oxygen atoms in total. The Bertz CT molecular complexity index is 1210. The molecule has 3 aromatic carbocycles. The number of hydrogen-bond acceptors (Lipinski definition) is 4. The van der Waals surface area contributed by atoms with Crippen LogP contribution < -0.4 is 10.2 Å². The minimum absolute atomic E-state index is 0.0787. The first kappa shape index (κ1) is 25.2. The number of benzene rings is 3. The van der Waals surface area contributed by atoms with Gasteiger partial charge in [-0.25, -0.2) is 0 Å². The van der Waals surface area contributed by atoms with Crippen LogP contribution in [-0.4, -0.2) is 54.7 Å². The highest BCUT2D eigenvalue weighted by atomic mass is 16.2. The van der Waals surface area contributed by atoms with Gasteiger partial charge in [-0.2, -0.15) is 0 Å². The van der Waals surface area contributed by atoms with Crippen LogP contribution in [0.2, 0.25) is 0 Å². The maximum atomic E-state index is 11.5. The van der Waals surface area contributed by atoms with Gasteiger partial charge in [0.15, 0.2) is 0 Å². The van der Waals surface area contributed by atoms with E-state index in [-0.39, 0.29) is 12.5 Å². The predicted molar refractivity (Wildman–Crippen MR) is 153 cm³/mol. The van der Waals surface area contributed by atoms with Gasteiger partial charge >= 0.3 is 0 Å². The number of amides is 1. The molecule has 0 spiro atoms. The van der Waals surface area contributed by atoms with E-state index in [1.165, 1.54) is 36.6 Å². The molecule has 0 bridgehead atoms. The molecule has 5 rings (SSSR count). The van der Waals surface area contributed by atoms with Crippen LogP contribution in [0, 0.1) is 0 Å². The van der Waals surface area contributed by atoms with Crippen molar-refractivity contribution < 1.29 is 9.90 Å². The van der Waals surface area contributed by atoms with Gasteiger partial charge < -0.3 is 15.3 Å². The second-order valence-electron chi connectivity index (χ2n) is 10.1. The highest BCUT2D eigenvalue weighted by Gasteiger charge is 2.31. The summed E-state index contributed by atoms with van der Waals surface area (Å²) in [5.74, 6) is -0.0787. The van der Waals surface area contributed by atoms with Crippen LogP contribution in [0.3, 0.4) is 0 Å². The number of anilines is 2. The monoisotopic (exact) mass is 495 g/mol. The van der Waals surface area contributed by atoms with Gasteiger partial charge in [-0.3, -0.25) is 9.69 Å². The zero-order valence-electron chi connectivity index (χ0n) is 21.7. The van der Waals surface area contributed by atoms with Crippen molar-refractivity contribution in [1.82, 2.24) is 4.90 Å². The average Bonchev–Trinajstić information content (AvgIpc) is 3.78. The smallest absolute Gasteiger partial charge is 0.221 e. The van der Waals surface area contributed by atoms with E-state index in [1.807, 2.05) is 18.2 Å². The SMILES string of the molecule is CC(=O)Nc1ccc(/C(=C(\CCCO)c2ccccc2)c2ccc(N3CCN(C4CC4)CC3)cc2)cc1. The molecule has 1 heterocycles. The number of carbonyl (C=O) groups excluding carboxylic acids is 1. The van der Waals surface area contributed by atoms with Crippen LogP contribution in [0.4, 0.5) is 11.4 Å². The average molecular weight is 496 g/mol. The van der Waals surface area contributed by atoms with Gasteiger partial charge in [0.05, 0.1) is 0 Å². The highest BCUT2D eigenvalue weighted by Crippen LogP contribution is 2.36. The first-order valence-electron chi connectivity index (χ1n) is 13.5. The Labute approximate surface area is 220 Å². The zero-order valence-corrected chi connectivity index (χ0v) is 21.7. The van der Waals surface area contributed by atoms with Crippen LogP contribution >= 0.6 is 0 Å². The zero-order chi connectivity index (χ0) is 25.6. The maximum Gasteiger partial charge on any atom is 0.221 e. The minimum Gasteiger partial charge on any atom is -0.396 e. The van der Waals surface area contributed by atoms with Gasteiger partial charge in [0.25, 0.3) is 0 Å². The molecule has 0 aromatic heterocycles. The summed E-state index contributed by atoms with van der Waals surface area (Å²) in [6.45, 7) is 6.13. The number of nitrogens with one attached hydrogen (secondary N) is 1. The van der Waals surface area contributed by atoms with E-state index in [4.69, 9.17) is 0 Å². The molecule has 0 unspecified atom stereocenters. The number of aliphatic hydroxyl groups is 1. The molecule has 192 valence electrons. The van der Waals surface area contributed by atoms with Crippen molar-refractivity contribution >= 4 is 28.4 Å². The Morgan fingerprint density at radius 3 is 2.03 bits per heavy atom. The summed E-state index contributed by atoms with van der Waals surface area (Å²) < 4.78 is 0. The summed E-state index contributed by atoms with van der Waals surface area (Å²) in [6, 6.07) is 28.3. The largest absolute Gasteiger partial charge is 0.396 e. The molecule has 37 heavy (non-hydrogen) atoms. The van der Waals surface area contributed by atoms with Crippen molar-refractivity contribution in [3.63, 3.8) is 0 Å². The van der Waals surface area contributed by atoms with Crippen LogP contribution in [0.25, 0.3) is 11.1 Å². The molecule has 2 fully saturated rings. The summed E-state index contributed by atoms with van der Waals surface area (Å²) >= 11 is 0. The lowest BCUT2D eigenvalue weighted by atomic mass is 9.87. The van der Waals surface area contributed by atoms with Crippen LogP contribution in [0.15, 0.2) is 78.9 Å². The fourth-order valence-electron chi connectivity index (χ4n) is 5.37. The lowest BCUT2D eigenvalue weighted by Crippen LogP contribution is -2.47. The Kier molecular flexibility index (Phi) is 8.02. The first-order valence-corrected chi connectivity index (χ1v) is 13.5. The van der Waals surface area contributed by atoms with Gasteiger partial charge in [0.1, 0.15) is 0 Å². The molecule has 3 aromatic rings. The second kappa shape index (κ2) is 11.8. The number of carbonyl (C=O) groups is 1. The van der Waals surface area contributed by atoms with Gasteiger partial charge in [0.2, 0.25) is 5.91 Å². The first-order chi connectivity index (χ1) is 18.1. The van der Waals surface area contributed by atoms with E-state index in [9.17, 15) is 9.90 Å². The summed E-state index contributed by atoms with van der Waals surface area (Å²) in [7, 11) is 0. The number of nitrogens with zero attached hydrogens (tertiary/aromatic N) is 2. The van der Waals surface area contributed by atoms with Crippen LogP contribution in [0.1, 0.15) is 49.3 Å². The van der Waals surface area contributed by atoms with Crippen molar-refractivity contribution in [3.05, 3.63) is 95.6 Å². The Balaban J connectivity index is 1.50. The summed E-state index contributed by atoms with van der Waals surface area (Å²) in [4.78, 5) is 16.7. The third kappa shape index (κ3) is 6.30. The number of hydrogen-bond donors (Lipinski definition) is 2. The molecule has 2 aliphatic rings. The Hall–Kier alpha value is -3.41. The maximum absolute atomic E-state index is 11.5. The predicted octanol–water partition coefficient (Wildman–Crippen LogP) is 5.66. The Morgan fingerprint density at radius 2 is 1.46 bits per heavy atom. The van der Waals surface area contributed by atoms with Crippen molar-refractivity contribution in [2.75, 3.05) is 43.0 Å². The van der Waals surface area contributed by atoms with Gasteiger partial charge in [0, 0.05) is 57.1 Å². The molecule has 0 atom stereocenters. The number of aliphatic hydroxyl groups excluding tert-OH is 1. The van der Waals surface area contributed by atoms with Crippen LogP contribution in [0.5, 0.6) is 0 Å². The molecule has 1 aliphatic carbocycles. The van der Waals surface area contributed by atoms with Crippen molar-refractivity contribution in [1.29, 1.82) is 0 Å². The standard InChI is InChI=1S/C32H37N3O2/c1-24(37)33-28-13-9-26(10-14-28)32(31(8-5-23-36)25-6-3-2-4-7-25)27-11-15-29(16-12-27)34-19-21-35(22-20-34)30-17-18-30/h2-4,6-7,9-16,30,36H,5,8,17-23H2,1H3,(H,33,37)/b32-31-. The summed E-state index contributed by atoms with van der Waals surface area (Å²) in [5.41, 5.74) is 7.86. The lowest BCUT2D eigenvalue weighted by Gasteiger charge is -2.36. The highest BCUT2D eigenvalue weighted by molar-refractivity contribution is 5.99. The fraction of sp³-hybridized carbons (Fsp3) is 0.344. The molecule has 1 amide bonds. The van der Waals surface area contributed by atoms with Gasteiger partial charge in [-0.05, 0) is 77.8 Å². The Morgan fingerprint density at radius 1 is 0.838 bits per heavy atom. The van der Waals surface area contributed by atoms with Crippen molar-refractivity contribution in [3.8, 4) is 0 Å². The normalized spacial score (nSPS) is 16.9. The molecule has 0 radical (unpaired) electrons. The van der Waals surface area contributed by atoms with E-state index in [2.05, 4.69) is 75.8 Å². The van der Waals surface area contributed by atoms with E-state index in [0.717, 1.165) is 61.0 Å². The van der Waals surface area contributed by atoms with Gasteiger partial charge in [-0.1, -0.05) is 54.6 Å². The summed E-state index contributed by atoms with van der Waals surface area (Å²) in [6.07, 6.45) is 4.21. The number of rotatable bonds is 9. The molecule has 1 saturated carbocycles. The fourth-order valence-corrected chi connectivity index (χ4v) is 5.37. The molecular formula is C32H37N3O2. The van der Waals surface area contributed by atoms with Crippen LogP contribution in [-0.2, 0) is 4.79 Å². The molecule has 1 saturated heterocycles. The molecule has 1 aliphatic heterocycles. The number of piperazine rings is 1. The molecule has 2 N–H and O–H groups in total. The lowest BCUT2D eigenvalue weighted by molar-refractivity contribution is -0.114.